The van der Waals surface area contributed by atoms with Crippen LogP contribution in [0, 0.1) is 17.8 Å². The van der Waals surface area contributed by atoms with Crippen molar-refractivity contribution in [2.24, 2.45) is 17.8 Å². The normalized spacial score (nSPS) is 24.1. The van der Waals surface area contributed by atoms with Gasteiger partial charge < -0.3 is 4.42 Å². The van der Waals surface area contributed by atoms with E-state index in [1.165, 1.54) is 88.2 Å². The van der Waals surface area contributed by atoms with Crippen LogP contribution in [0.25, 0.3) is 55.3 Å². The van der Waals surface area contributed by atoms with Gasteiger partial charge in [-0.05, 0) is 136 Å². The quantitative estimate of drug-likeness (QED) is 0.200. The maximum atomic E-state index is 6.73. The van der Waals surface area contributed by atoms with Crippen LogP contribution in [0.1, 0.15) is 70.4 Å². The minimum Gasteiger partial charge on any atom is -0.456 e. The molecule has 0 amide bonds. The first kappa shape index (κ1) is 27.2. The molecule has 5 aromatic carbocycles. The van der Waals surface area contributed by atoms with Crippen molar-refractivity contribution in [1.29, 1.82) is 0 Å². The van der Waals surface area contributed by atoms with Gasteiger partial charge in [0.05, 0.1) is 0 Å². The second-order valence-electron chi connectivity index (χ2n) is 15.7. The maximum absolute atomic E-state index is 6.73. The van der Waals surface area contributed by atoms with Crippen molar-refractivity contribution in [3.63, 3.8) is 0 Å². The highest BCUT2D eigenvalue weighted by molar-refractivity contribution is 6.08. The third-order valence-electron chi connectivity index (χ3n) is 11.6. The fourth-order valence-electron chi connectivity index (χ4n) is 9.77. The Kier molecular flexibility index (Phi) is 6.02. The zero-order valence-corrected chi connectivity index (χ0v) is 26.8. The molecule has 0 aliphatic heterocycles. The topological polar surface area (TPSA) is 13.1 Å². The molecule has 1 nitrogen and oxygen atoms in total. The van der Waals surface area contributed by atoms with E-state index in [9.17, 15) is 0 Å². The Morgan fingerprint density at radius 3 is 1.78 bits per heavy atom. The molecule has 0 N–H and O–H groups in total. The summed E-state index contributed by atoms with van der Waals surface area (Å²) in [5.41, 5.74) is 12.7. The average Bonchev–Trinajstić information content (AvgIpc) is 3.41. The zero-order chi connectivity index (χ0) is 30.3. The molecule has 224 valence electrons. The molecule has 4 fully saturated rings. The molecule has 45 heavy (non-hydrogen) atoms. The first-order valence-corrected chi connectivity index (χ1v) is 17.1. The van der Waals surface area contributed by atoms with Gasteiger partial charge in [0.2, 0.25) is 0 Å². The average molecular weight is 587 g/mol. The van der Waals surface area contributed by atoms with Gasteiger partial charge in [0.15, 0.2) is 0 Å². The summed E-state index contributed by atoms with van der Waals surface area (Å²) in [5.74, 6) is 2.90. The first-order valence-electron chi connectivity index (χ1n) is 17.1. The first-order chi connectivity index (χ1) is 21.8. The van der Waals surface area contributed by atoms with E-state index in [1.54, 1.807) is 5.56 Å². The highest BCUT2D eigenvalue weighted by Gasteiger charge is 2.51. The molecule has 1 heterocycles. The molecule has 4 bridgehead atoms. The van der Waals surface area contributed by atoms with Crippen LogP contribution >= 0.6 is 0 Å². The molecule has 6 aromatic rings. The zero-order valence-electron chi connectivity index (χ0n) is 26.8. The molecule has 0 unspecified atom stereocenters. The fourth-order valence-corrected chi connectivity index (χ4v) is 9.77. The van der Waals surface area contributed by atoms with Crippen molar-refractivity contribution >= 4 is 21.9 Å². The molecular weight excluding hydrogens is 544 g/mol. The minimum atomic E-state index is -0.0475. The second-order valence-corrected chi connectivity index (χ2v) is 15.7. The number of fused-ring (bicyclic) bond motifs is 3. The van der Waals surface area contributed by atoms with Gasteiger partial charge in [0.1, 0.15) is 11.2 Å². The summed E-state index contributed by atoms with van der Waals surface area (Å²) in [4.78, 5) is 0. The molecule has 4 aliphatic rings. The van der Waals surface area contributed by atoms with Gasteiger partial charge in [-0.1, -0.05) is 99.6 Å². The van der Waals surface area contributed by atoms with Crippen LogP contribution in [0.2, 0.25) is 0 Å². The van der Waals surface area contributed by atoms with Gasteiger partial charge in [-0.2, -0.15) is 0 Å². The lowest BCUT2D eigenvalue weighted by molar-refractivity contribution is -0.00518. The van der Waals surface area contributed by atoms with Gasteiger partial charge >= 0.3 is 0 Å². The van der Waals surface area contributed by atoms with Crippen molar-refractivity contribution in [1.82, 2.24) is 0 Å². The molecule has 10 rings (SSSR count). The lowest BCUT2D eigenvalue weighted by Crippen LogP contribution is -2.48. The van der Waals surface area contributed by atoms with Crippen molar-refractivity contribution < 1.29 is 4.42 Å². The Balaban J connectivity index is 1.11. The highest BCUT2D eigenvalue weighted by atomic mass is 16.3. The summed E-state index contributed by atoms with van der Waals surface area (Å²) >= 11 is 0. The van der Waals surface area contributed by atoms with Gasteiger partial charge in [-0.25, -0.2) is 0 Å². The fraction of sp³-hybridized carbons (Fsp3) is 0.318. The minimum absolute atomic E-state index is 0.0475. The molecular formula is C44H42O. The third kappa shape index (κ3) is 4.58. The SMILES string of the molecule is CC(C)(C)c1cc(-c2ccc(C34CC5CC(CC(C5)C3)C4)cc2)cc2c1oc1cc(-c3cccc(-c4ccccc4)c3)ccc12. The summed E-state index contributed by atoms with van der Waals surface area (Å²) in [5, 5.41) is 2.40. The molecule has 0 atom stereocenters. The van der Waals surface area contributed by atoms with Crippen LogP contribution in [0.5, 0.6) is 0 Å². The van der Waals surface area contributed by atoms with E-state index in [1.807, 2.05) is 0 Å². The molecule has 0 spiro atoms. The smallest absolute Gasteiger partial charge is 0.139 e. The predicted molar refractivity (Wildman–Crippen MR) is 189 cm³/mol. The van der Waals surface area contributed by atoms with E-state index < -0.39 is 0 Å². The molecule has 0 saturated heterocycles. The standard InChI is InChI=1S/C44H42O/c1-43(2,3)40-23-36(32-12-15-37(16-13-32)44-25-28-18-29(26-44)20-30(19-28)27-44)22-39-38-17-14-35(24-41(38)45-42(39)40)34-11-7-10-33(21-34)31-8-5-4-6-9-31/h4-17,21-24,28-30H,18-20,25-27H2,1-3H3. The van der Waals surface area contributed by atoms with Crippen LogP contribution < -0.4 is 0 Å². The summed E-state index contributed by atoms with van der Waals surface area (Å²) in [6.07, 6.45) is 8.72. The second kappa shape index (κ2) is 9.95. The summed E-state index contributed by atoms with van der Waals surface area (Å²) in [6.45, 7) is 6.90. The summed E-state index contributed by atoms with van der Waals surface area (Å²) in [6, 6.07) is 40.7. The van der Waals surface area contributed by atoms with Crippen LogP contribution in [-0.4, -0.2) is 0 Å². The number of furan rings is 1. The van der Waals surface area contributed by atoms with Crippen molar-refractivity contribution in [2.75, 3.05) is 0 Å². The number of hydrogen-bond acceptors (Lipinski definition) is 1. The third-order valence-corrected chi connectivity index (χ3v) is 11.6. The van der Waals surface area contributed by atoms with Crippen LogP contribution in [0.15, 0.2) is 114 Å². The van der Waals surface area contributed by atoms with Gasteiger partial charge in [-0.3, -0.25) is 0 Å². The van der Waals surface area contributed by atoms with Crippen LogP contribution in [0.4, 0.5) is 0 Å². The molecule has 4 aliphatic carbocycles. The Bertz CT molecular complexity index is 2020. The largest absolute Gasteiger partial charge is 0.456 e. The van der Waals surface area contributed by atoms with E-state index in [-0.39, 0.29) is 5.41 Å². The number of benzene rings is 5. The molecule has 4 saturated carbocycles. The Morgan fingerprint density at radius 2 is 1.11 bits per heavy atom. The van der Waals surface area contributed by atoms with Crippen molar-refractivity contribution in [3.8, 4) is 33.4 Å². The lowest BCUT2D eigenvalue weighted by atomic mass is 9.48. The van der Waals surface area contributed by atoms with E-state index in [0.29, 0.717) is 5.41 Å². The Hall–Kier alpha value is -4.10. The van der Waals surface area contributed by atoms with E-state index in [2.05, 4.69) is 130 Å². The van der Waals surface area contributed by atoms with Gasteiger partial charge in [0.25, 0.3) is 0 Å². The van der Waals surface area contributed by atoms with E-state index in [4.69, 9.17) is 4.42 Å². The molecule has 1 heteroatoms. The highest BCUT2D eigenvalue weighted by Crippen LogP contribution is 2.60. The van der Waals surface area contributed by atoms with Gasteiger partial charge in [-0.15, -0.1) is 0 Å². The van der Waals surface area contributed by atoms with Crippen LogP contribution in [0.3, 0.4) is 0 Å². The van der Waals surface area contributed by atoms with Crippen molar-refractivity contribution in [2.45, 2.75) is 70.1 Å². The summed E-state index contributed by atoms with van der Waals surface area (Å²) < 4.78 is 6.73. The van der Waals surface area contributed by atoms with Crippen LogP contribution in [-0.2, 0) is 10.8 Å². The van der Waals surface area contributed by atoms with Gasteiger partial charge in [0, 0.05) is 16.3 Å². The van der Waals surface area contributed by atoms with E-state index >= 15 is 0 Å². The Labute approximate surface area is 267 Å². The predicted octanol–water partition coefficient (Wildman–Crippen LogP) is 12.4. The lowest BCUT2D eigenvalue weighted by Gasteiger charge is -2.57. The maximum Gasteiger partial charge on any atom is 0.139 e. The monoisotopic (exact) mass is 586 g/mol. The molecule has 0 radical (unpaired) electrons. The number of hydrogen-bond donors (Lipinski definition) is 0. The summed E-state index contributed by atoms with van der Waals surface area (Å²) in [7, 11) is 0. The Morgan fingerprint density at radius 1 is 0.533 bits per heavy atom. The number of rotatable bonds is 4. The van der Waals surface area contributed by atoms with Crippen molar-refractivity contribution in [3.05, 3.63) is 120 Å². The molecule has 1 aromatic heterocycles. The van der Waals surface area contributed by atoms with E-state index in [0.717, 1.165) is 28.9 Å².